The minimum absolute atomic E-state index is 0.619. The molecule has 1 aromatic rings. The van der Waals surface area contributed by atoms with Crippen molar-refractivity contribution in [1.82, 2.24) is 14.9 Å². The van der Waals surface area contributed by atoms with Crippen molar-refractivity contribution in [1.29, 1.82) is 0 Å². The third-order valence-electron chi connectivity index (χ3n) is 3.58. The van der Waals surface area contributed by atoms with Crippen molar-refractivity contribution in [3.63, 3.8) is 0 Å². The van der Waals surface area contributed by atoms with Crippen LogP contribution in [0.3, 0.4) is 0 Å². The molecule has 0 aliphatic carbocycles. The fraction of sp³-hybridized carbons (Fsp3) is 0.643. The van der Waals surface area contributed by atoms with Gasteiger partial charge in [-0.3, -0.25) is 4.99 Å². The van der Waals surface area contributed by atoms with Crippen molar-refractivity contribution in [3.05, 3.63) is 12.4 Å². The molecule has 0 bridgehead atoms. The smallest absolute Gasteiger partial charge is 0.218 e. The highest BCUT2D eigenvalue weighted by atomic mass is 32.2. The maximum absolute atomic E-state index is 5.44. The average molecular weight is 307 g/mol. The summed E-state index contributed by atoms with van der Waals surface area (Å²) in [5, 5.41) is 1.83. The Morgan fingerprint density at radius 1 is 1.24 bits per heavy atom. The molecule has 1 atom stereocenters. The molecule has 114 valence electrons. The minimum Gasteiger partial charge on any atom is -0.478 e. The zero-order valence-corrected chi connectivity index (χ0v) is 13.3. The Hall–Kier alpha value is -1.50. The molecule has 1 fully saturated rings. The van der Waals surface area contributed by atoms with E-state index in [0.717, 1.165) is 38.5 Å². The van der Waals surface area contributed by atoms with Gasteiger partial charge < -0.3 is 14.5 Å². The van der Waals surface area contributed by atoms with Gasteiger partial charge in [-0.25, -0.2) is 9.97 Å². The van der Waals surface area contributed by atoms with E-state index >= 15 is 0 Å². The molecule has 1 aromatic heterocycles. The fourth-order valence-electron chi connectivity index (χ4n) is 2.49. The van der Waals surface area contributed by atoms with Crippen LogP contribution in [0.2, 0.25) is 0 Å². The van der Waals surface area contributed by atoms with Crippen LogP contribution in [0.4, 0.5) is 5.82 Å². The largest absolute Gasteiger partial charge is 0.478 e. The summed E-state index contributed by atoms with van der Waals surface area (Å²) in [5.74, 6) is 1.59. The lowest BCUT2D eigenvalue weighted by atomic mass is 10.3. The molecule has 3 rings (SSSR count). The number of anilines is 1. The van der Waals surface area contributed by atoms with Crippen LogP contribution in [-0.4, -0.2) is 64.6 Å². The maximum atomic E-state index is 5.44. The first-order chi connectivity index (χ1) is 10.3. The van der Waals surface area contributed by atoms with Gasteiger partial charge in [-0.05, 0) is 6.92 Å². The van der Waals surface area contributed by atoms with Crippen molar-refractivity contribution in [3.8, 4) is 5.88 Å². The third-order valence-corrected chi connectivity index (χ3v) is 4.73. The zero-order chi connectivity index (χ0) is 14.7. The first-order valence-electron chi connectivity index (χ1n) is 7.42. The average Bonchev–Trinajstić information content (AvgIpc) is 2.95. The molecule has 0 spiro atoms. The first kappa shape index (κ1) is 14.4. The minimum atomic E-state index is 0.619. The maximum Gasteiger partial charge on any atom is 0.218 e. The van der Waals surface area contributed by atoms with E-state index < -0.39 is 0 Å². The molecule has 0 aromatic carbocycles. The number of rotatable bonds is 3. The highest BCUT2D eigenvalue weighted by Crippen LogP contribution is 2.24. The van der Waals surface area contributed by atoms with E-state index in [1.165, 1.54) is 5.17 Å². The van der Waals surface area contributed by atoms with Crippen LogP contribution in [0.1, 0.15) is 13.8 Å². The van der Waals surface area contributed by atoms with E-state index in [-0.39, 0.29) is 0 Å². The Morgan fingerprint density at radius 2 is 2.00 bits per heavy atom. The van der Waals surface area contributed by atoms with E-state index in [4.69, 9.17) is 4.74 Å². The van der Waals surface area contributed by atoms with Gasteiger partial charge in [0.1, 0.15) is 12.1 Å². The molecular weight excluding hydrogens is 286 g/mol. The van der Waals surface area contributed by atoms with E-state index in [1.807, 2.05) is 24.8 Å². The van der Waals surface area contributed by atoms with Crippen LogP contribution in [0.25, 0.3) is 0 Å². The summed E-state index contributed by atoms with van der Waals surface area (Å²) in [6, 6.07) is 1.92. The Labute approximate surface area is 129 Å². The van der Waals surface area contributed by atoms with Crippen LogP contribution in [0.5, 0.6) is 5.88 Å². The van der Waals surface area contributed by atoms with Crippen molar-refractivity contribution >= 4 is 22.7 Å². The molecular formula is C14H21N5OS. The van der Waals surface area contributed by atoms with Gasteiger partial charge in [-0.15, -0.1) is 0 Å². The molecule has 1 unspecified atom stereocenters. The molecule has 7 heteroatoms. The van der Waals surface area contributed by atoms with Crippen LogP contribution in [-0.2, 0) is 0 Å². The second-order valence-electron chi connectivity index (χ2n) is 5.17. The predicted molar refractivity (Wildman–Crippen MR) is 86.3 cm³/mol. The highest BCUT2D eigenvalue weighted by Gasteiger charge is 2.25. The molecule has 0 N–H and O–H groups in total. The Morgan fingerprint density at radius 3 is 2.67 bits per heavy atom. The lowest BCUT2D eigenvalue weighted by molar-refractivity contribution is 0.325. The quantitative estimate of drug-likeness (QED) is 0.843. The second kappa shape index (κ2) is 6.51. The van der Waals surface area contributed by atoms with Gasteiger partial charge in [0, 0.05) is 37.5 Å². The number of nitrogens with zero attached hydrogens (tertiary/aromatic N) is 5. The van der Waals surface area contributed by atoms with Gasteiger partial charge in [-0.1, -0.05) is 18.7 Å². The number of amidine groups is 1. The van der Waals surface area contributed by atoms with Crippen LogP contribution < -0.4 is 9.64 Å². The summed E-state index contributed by atoms with van der Waals surface area (Å²) in [6.07, 6.45) is 1.57. The van der Waals surface area contributed by atoms with Crippen molar-refractivity contribution in [2.75, 3.05) is 44.2 Å². The molecule has 3 heterocycles. The molecule has 0 amide bonds. The summed E-state index contributed by atoms with van der Waals surface area (Å²) in [7, 11) is 0. The first-order valence-corrected chi connectivity index (χ1v) is 8.30. The molecule has 0 radical (unpaired) electrons. The van der Waals surface area contributed by atoms with E-state index in [1.54, 1.807) is 6.33 Å². The summed E-state index contributed by atoms with van der Waals surface area (Å²) in [5.41, 5.74) is 0. The summed E-state index contributed by atoms with van der Waals surface area (Å²) >= 11 is 1.89. The molecule has 0 saturated carbocycles. The molecule has 1 saturated heterocycles. The van der Waals surface area contributed by atoms with Gasteiger partial charge >= 0.3 is 0 Å². The lowest BCUT2D eigenvalue weighted by Crippen LogP contribution is -2.48. The Kier molecular flexibility index (Phi) is 4.48. The predicted octanol–water partition coefficient (Wildman–Crippen LogP) is 1.49. The molecule has 21 heavy (non-hydrogen) atoms. The monoisotopic (exact) mass is 307 g/mol. The van der Waals surface area contributed by atoms with Gasteiger partial charge in [0.15, 0.2) is 5.17 Å². The van der Waals surface area contributed by atoms with E-state index in [0.29, 0.717) is 17.7 Å². The van der Waals surface area contributed by atoms with Crippen LogP contribution in [0.15, 0.2) is 17.4 Å². The SMILES string of the molecule is CCOc1cc(N2CCN(C3=NCC(C)S3)CC2)ncn1. The number of thioether (sulfide) groups is 1. The van der Waals surface area contributed by atoms with E-state index in [2.05, 4.69) is 31.7 Å². The third kappa shape index (κ3) is 3.40. The number of hydrogen-bond acceptors (Lipinski definition) is 7. The number of piperazine rings is 1. The summed E-state index contributed by atoms with van der Waals surface area (Å²) < 4.78 is 5.44. The van der Waals surface area contributed by atoms with Crippen molar-refractivity contribution in [2.45, 2.75) is 19.1 Å². The number of aliphatic imine (C=N–C) groups is 1. The van der Waals surface area contributed by atoms with Gasteiger partial charge in [0.05, 0.1) is 13.2 Å². The fourth-order valence-corrected chi connectivity index (χ4v) is 3.48. The number of aromatic nitrogens is 2. The number of ether oxygens (including phenoxy) is 1. The molecule has 2 aliphatic rings. The normalized spacial score (nSPS) is 22.4. The number of hydrogen-bond donors (Lipinski definition) is 0. The standard InChI is InChI=1S/C14H21N5OS/c1-3-20-13-8-12(16-10-17-13)18-4-6-19(7-5-18)14-15-9-11(2)21-14/h8,10-11H,3-7,9H2,1-2H3. The molecule has 6 nitrogen and oxygen atoms in total. The summed E-state index contributed by atoms with van der Waals surface area (Å²) in [6.45, 7) is 9.66. The van der Waals surface area contributed by atoms with E-state index in [9.17, 15) is 0 Å². The Bertz CT molecular complexity index is 516. The second-order valence-corrected chi connectivity index (χ2v) is 6.58. The van der Waals surface area contributed by atoms with Gasteiger partial charge in [0.25, 0.3) is 0 Å². The highest BCUT2D eigenvalue weighted by molar-refractivity contribution is 8.14. The van der Waals surface area contributed by atoms with Crippen LogP contribution in [0, 0.1) is 0 Å². The zero-order valence-electron chi connectivity index (χ0n) is 12.5. The Balaban J connectivity index is 1.59. The molecule has 2 aliphatic heterocycles. The van der Waals surface area contributed by atoms with Crippen molar-refractivity contribution < 1.29 is 4.74 Å². The topological polar surface area (TPSA) is 53.9 Å². The summed E-state index contributed by atoms with van der Waals surface area (Å²) in [4.78, 5) is 17.8. The van der Waals surface area contributed by atoms with Gasteiger partial charge in [0.2, 0.25) is 5.88 Å². The van der Waals surface area contributed by atoms with Gasteiger partial charge in [-0.2, -0.15) is 0 Å². The lowest BCUT2D eigenvalue weighted by Gasteiger charge is -2.36. The van der Waals surface area contributed by atoms with Crippen molar-refractivity contribution in [2.24, 2.45) is 4.99 Å². The van der Waals surface area contributed by atoms with Crippen LogP contribution >= 0.6 is 11.8 Å².